The van der Waals surface area contributed by atoms with E-state index in [1.54, 1.807) is 6.07 Å². The summed E-state index contributed by atoms with van der Waals surface area (Å²) >= 11 is 0. The zero-order chi connectivity index (χ0) is 25.1. The summed E-state index contributed by atoms with van der Waals surface area (Å²) < 4.78 is 20.4. The van der Waals surface area contributed by atoms with Crippen LogP contribution in [0.4, 0.5) is 25.5 Å². The van der Waals surface area contributed by atoms with Crippen molar-refractivity contribution in [1.82, 2.24) is 20.2 Å². The highest BCUT2D eigenvalue weighted by atomic mass is 19.1. The lowest BCUT2D eigenvalue weighted by Gasteiger charge is -2.36. The Morgan fingerprint density at radius 3 is 2.77 bits per heavy atom. The largest absolute Gasteiger partial charge is 0.465 e. The van der Waals surface area contributed by atoms with Crippen LogP contribution < -0.4 is 15.5 Å². The van der Waals surface area contributed by atoms with Gasteiger partial charge in [-0.2, -0.15) is 0 Å². The topological polar surface area (TPSA) is 140 Å². The van der Waals surface area contributed by atoms with E-state index >= 15 is 0 Å². The van der Waals surface area contributed by atoms with Gasteiger partial charge in [-0.05, 0) is 31.5 Å². The summed E-state index contributed by atoms with van der Waals surface area (Å²) in [6.07, 6.45) is -0.459. The SMILES string of the molecule is CC[C@H]1c2c(nc(-c3ccc(NC(=O)NCCO)c(F)c3)nc2N2CCOCC2C)CN1C(=O)O. The number of morpholine rings is 1. The lowest BCUT2D eigenvalue weighted by molar-refractivity contribution is 0.0981. The molecule has 0 spiro atoms. The van der Waals surface area contributed by atoms with Crippen LogP contribution in [0.1, 0.15) is 37.6 Å². The van der Waals surface area contributed by atoms with Crippen molar-refractivity contribution in [3.05, 3.63) is 35.3 Å². The third-order valence-electron chi connectivity index (χ3n) is 6.18. The number of benzene rings is 1. The van der Waals surface area contributed by atoms with Gasteiger partial charge in [0.2, 0.25) is 0 Å². The molecule has 1 aromatic carbocycles. The highest BCUT2D eigenvalue weighted by Gasteiger charge is 2.39. The van der Waals surface area contributed by atoms with E-state index in [1.165, 1.54) is 17.0 Å². The van der Waals surface area contributed by atoms with Crippen LogP contribution in [0.15, 0.2) is 18.2 Å². The molecule has 0 saturated carbocycles. The van der Waals surface area contributed by atoms with Crippen LogP contribution in [0, 0.1) is 5.82 Å². The molecule has 188 valence electrons. The van der Waals surface area contributed by atoms with Gasteiger partial charge in [0.1, 0.15) is 11.6 Å². The van der Waals surface area contributed by atoms with Crippen molar-refractivity contribution in [2.24, 2.45) is 0 Å². The first-order valence-corrected chi connectivity index (χ1v) is 11.5. The Labute approximate surface area is 201 Å². The molecule has 0 bridgehead atoms. The molecule has 35 heavy (non-hydrogen) atoms. The summed E-state index contributed by atoms with van der Waals surface area (Å²) in [5, 5.41) is 23.3. The summed E-state index contributed by atoms with van der Waals surface area (Å²) in [6.45, 7) is 5.50. The Morgan fingerprint density at radius 2 is 2.11 bits per heavy atom. The number of nitrogens with one attached hydrogen (secondary N) is 2. The van der Waals surface area contributed by atoms with Crippen molar-refractivity contribution < 1.29 is 28.9 Å². The molecular weight excluding hydrogens is 459 g/mol. The van der Waals surface area contributed by atoms with Gasteiger partial charge in [0.25, 0.3) is 0 Å². The van der Waals surface area contributed by atoms with Crippen LogP contribution in [0.5, 0.6) is 0 Å². The number of halogens is 1. The second-order valence-corrected chi connectivity index (χ2v) is 8.48. The van der Waals surface area contributed by atoms with Gasteiger partial charge in [-0.15, -0.1) is 0 Å². The Balaban J connectivity index is 1.73. The Kier molecular flexibility index (Phi) is 7.31. The zero-order valence-corrected chi connectivity index (χ0v) is 19.6. The van der Waals surface area contributed by atoms with Gasteiger partial charge in [0, 0.05) is 24.2 Å². The molecule has 12 heteroatoms. The van der Waals surface area contributed by atoms with Gasteiger partial charge in [-0.3, -0.25) is 4.90 Å². The van der Waals surface area contributed by atoms with Gasteiger partial charge < -0.3 is 30.5 Å². The van der Waals surface area contributed by atoms with Crippen molar-refractivity contribution >= 4 is 23.6 Å². The highest BCUT2D eigenvalue weighted by molar-refractivity contribution is 5.89. The zero-order valence-electron chi connectivity index (χ0n) is 19.6. The number of aliphatic hydroxyl groups is 1. The van der Waals surface area contributed by atoms with Crippen LogP contribution in [0.3, 0.4) is 0 Å². The summed E-state index contributed by atoms with van der Waals surface area (Å²) in [4.78, 5) is 36.6. The third kappa shape index (κ3) is 4.98. The lowest BCUT2D eigenvalue weighted by Crippen LogP contribution is -2.45. The van der Waals surface area contributed by atoms with Crippen LogP contribution in [-0.4, -0.2) is 76.2 Å². The van der Waals surface area contributed by atoms with Crippen LogP contribution in [0.2, 0.25) is 0 Å². The van der Waals surface area contributed by atoms with Crippen LogP contribution in [0.25, 0.3) is 11.4 Å². The van der Waals surface area contributed by atoms with Crippen molar-refractivity contribution in [2.75, 3.05) is 43.1 Å². The fraction of sp³-hybridized carbons (Fsp3) is 0.478. The van der Waals surface area contributed by atoms with Crippen LogP contribution >= 0.6 is 0 Å². The van der Waals surface area contributed by atoms with Crippen molar-refractivity contribution in [2.45, 2.75) is 38.9 Å². The molecule has 1 unspecified atom stereocenters. The summed E-state index contributed by atoms with van der Waals surface area (Å²) in [5.41, 5.74) is 1.75. The Morgan fingerprint density at radius 1 is 1.31 bits per heavy atom. The average Bonchev–Trinajstić information content (AvgIpc) is 3.23. The van der Waals surface area contributed by atoms with E-state index in [4.69, 9.17) is 14.8 Å². The predicted molar refractivity (Wildman–Crippen MR) is 126 cm³/mol. The molecule has 2 aromatic rings. The molecule has 1 saturated heterocycles. The molecule has 3 amide bonds. The number of hydrogen-bond acceptors (Lipinski definition) is 7. The second kappa shape index (κ2) is 10.4. The minimum atomic E-state index is -1.03. The first-order chi connectivity index (χ1) is 16.8. The molecule has 0 radical (unpaired) electrons. The van der Waals surface area contributed by atoms with E-state index in [9.17, 15) is 19.1 Å². The highest BCUT2D eigenvalue weighted by Crippen LogP contribution is 2.42. The molecule has 0 aliphatic carbocycles. The second-order valence-electron chi connectivity index (χ2n) is 8.48. The number of urea groups is 1. The number of ether oxygens (including phenoxy) is 1. The number of carbonyl (C=O) groups is 2. The number of aromatic nitrogens is 2. The van der Waals surface area contributed by atoms with E-state index < -0.39 is 17.9 Å². The molecule has 1 aromatic heterocycles. The maximum Gasteiger partial charge on any atom is 0.408 e. The van der Waals surface area contributed by atoms with E-state index in [-0.39, 0.29) is 43.3 Å². The fourth-order valence-electron chi connectivity index (χ4n) is 4.50. The summed E-state index contributed by atoms with van der Waals surface area (Å²) in [5.74, 6) is 0.239. The summed E-state index contributed by atoms with van der Waals surface area (Å²) in [7, 11) is 0. The van der Waals surface area contributed by atoms with Gasteiger partial charge in [0.05, 0.1) is 49.8 Å². The van der Waals surface area contributed by atoms with E-state index in [2.05, 4.69) is 20.5 Å². The van der Waals surface area contributed by atoms with E-state index in [0.29, 0.717) is 43.3 Å². The van der Waals surface area contributed by atoms with Crippen LogP contribution in [-0.2, 0) is 11.3 Å². The number of nitrogens with zero attached hydrogens (tertiary/aromatic N) is 4. The van der Waals surface area contributed by atoms with Crippen molar-refractivity contribution in [3.63, 3.8) is 0 Å². The first-order valence-electron chi connectivity index (χ1n) is 11.5. The molecule has 2 aliphatic rings. The third-order valence-corrected chi connectivity index (χ3v) is 6.18. The molecule has 3 heterocycles. The monoisotopic (exact) mass is 488 g/mol. The number of carbonyl (C=O) groups excluding carboxylic acids is 1. The minimum absolute atomic E-state index is 0.0210. The number of amides is 3. The van der Waals surface area contributed by atoms with Crippen molar-refractivity contribution in [3.8, 4) is 11.4 Å². The Bertz CT molecular complexity index is 1120. The van der Waals surface area contributed by atoms with E-state index in [1.807, 2.05) is 13.8 Å². The number of aliphatic hydroxyl groups excluding tert-OH is 1. The van der Waals surface area contributed by atoms with E-state index in [0.717, 1.165) is 5.56 Å². The molecule has 1 fully saturated rings. The molecule has 2 aliphatic heterocycles. The standard InChI is InChI=1S/C23H29FN6O5/c1-3-18-19-17(11-30(18)23(33)34)26-20(28-21(19)29-7-9-35-12-13(29)2)14-4-5-16(15(24)10-14)27-22(32)25-6-8-31/h4-5,10,13,18,31H,3,6-9,11-12H2,1-2H3,(H,33,34)(H2,25,27,32)/t13?,18-/m0/s1. The number of rotatable bonds is 6. The maximum atomic E-state index is 14.8. The quantitative estimate of drug-likeness (QED) is 0.486. The van der Waals surface area contributed by atoms with Gasteiger partial charge in [-0.25, -0.2) is 23.9 Å². The Hall–Kier alpha value is -3.51. The van der Waals surface area contributed by atoms with Gasteiger partial charge >= 0.3 is 12.1 Å². The number of carboxylic acid groups (broad SMARTS) is 1. The number of hydrogen-bond donors (Lipinski definition) is 4. The number of anilines is 2. The maximum absolute atomic E-state index is 14.8. The van der Waals surface area contributed by atoms with Gasteiger partial charge in [0.15, 0.2) is 5.82 Å². The lowest BCUT2D eigenvalue weighted by atomic mass is 10.0. The fourth-order valence-corrected chi connectivity index (χ4v) is 4.50. The molecular formula is C23H29FN6O5. The molecule has 2 atom stereocenters. The smallest absolute Gasteiger partial charge is 0.408 e. The van der Waals surface area contributed by atoms with Gasteiger partial charge in [-0.1, -0.05) is 6.92 Å². The summed E-state index contributed by atoms with van der Waals surface area (Å²) in [6, 6.07) is 3.25. The predicted octanol–water partition coefficient (Wildman–Crippen LogP) is 2.57. The van der Waals surface area contributed by atoms with Crippen molar-refractivity contribution in [1.29, 1.82) is 0 Å². The molecule has 11 nitrogen and oxygen atoms in total. The average molecular weight is 489 g/mol. The number of fused-ring (bicyclic) bond motifs is 1. The first kappa shape index (κ1) is 24.6. The molecule has 4 rings (SSSR count). The minimum Gasteiger partial charge on any atom is -0.465 e. The normalized spacial score (nSPS) is 19.4. The molecule has 4 N–H and O–H groups in total.